The number of imidazole rings is 1. The molecule has 5 heterocycles. The lowest BCUT2D eigenvalue weighted by Crippen LogP contribution is -2.25. The van der Waals surface area contributed by atoms with E-state index in [4.69, 9.17) is 14.7 Å². The van der Waals surface area contributed by atoms with E-state index in [1.807, 2.05) is 6.20 Å². The van der Waals surface area contributed by atoms with E-state index in [2.05, 4.69) is 244 Å². The summed E-state index contributed by atoms with van der Waals surface area (Å²) < 4.78 is 11.6. The minimum absolute atomic E-state index is 0.595. The molecule has 0 fully saturated rings. The van der Waals surface area contributed by atoms with Gasteiger partial charge in [0.1, 0.15) is 29.8 Å². The van der Waals surface area contributed by atoms with Crippen LogP contribution in [0.4, 0.5) is 22.7 Å². The van der Waals surface area contributed by atoms with E-state index >= 15 is 0 Å². The van der Waals surface area contributed by atoms with Crippen molar-refractivity contribution in [1.82, 2.24) is 19.1 Å². The first-order chi connectivity index (χ1) is 36.1. The second-order valence-corrected chi connectivity index (χ2v) is 19.3. The molecule has 0 atom stereocenters. The van der Waals surface area contributed by atoms with Gasteiger partial charge in [-0.2, -0.15) is 0 Å². The van der Waals surface area contributed by atoms with Crippen LogP contribution in [0.3, 0.4) is 0 Å². The van der Waals surface area contributed by atoms with Gasteiger partial charge in [0.2, 0.25) is 0 Å². The van der Waals surface area contributed by atoms with E-state index in [9.17, 15) is 0 Å². The molecule has 0 N–H and O–H groups in total. The third kappa shape index (κ3) is 7.43. The van der Waals surface area contributed by atoms with Crippen LogP contribution in [-0.4, -0.2) is 25.8 Å². The number of hydrogen-bond acceptors (Lipinski definition) is 5. The van der Waals surface area contributed by atoms with Gasteiger partial charge in [-0.15, -0.1) is 0 Å². The predicted molar refractivity (Wildman–Crippen MR) is 300 cm³/mol. The minimum atomic E-state index is 0.595. The number of hydrogen-bond donors (Lipinski definition) is 0. The Hall–Kier alpha value is -9.20. The molecule has 2 aliphatic heterocycles. The van der Waals surface area contributed by atoms with Crippen LogP contribution in [0, 0.1) is 6.92 Å². The Kier molecular flexibility index (Phi) is 10.3. The van der Waals surface area contributed by atoms with Crippen LogP contribution < -0.4 is 14.5 Å². The smallest absolute Gasteiger partial charge is 0.137 e. The van der Waals surface area contributed by atoms with Gasteiger partial charge in [-0.25, -0.2) is 9.97 Å². The largest absolute Gasteiger partial charge is 0.457 e. The summed E-state index contributed by atoms with van der Waals surface area (Å²) in [6.45, 7) is 3.76. The first-order valence-corrected chi connectivity index (χ1v) is 25.4. The number of aromatic nitrogens is 4. The van der Waals surface area contributed by atoms with Crippen LogP contribution in [0.5, 0.6) is 11.5 Å². The van der Waals surface area contributed by atoms with Gasteiger partial charge in [-0.1, -0.05) is 158 Å². The molecule has 12 aromatic rings. The molecule has 7 nitrogen and oxygen atoms in total. The number of para-hydroxylation sites is 2. The Labute approximate surface area is 424 Å². The number of anilines is 4. The summed E-state index contributed by atoms with van der Waals surface area (Å²) in [6, 6.07) is 78.0. The second-order valence-electron chi connectivity index (χ2n) is 19.3. The van der Waals surface area contributed by atoms with Gasteiger partial charge in [0.15, 0.2) is 0 Å². The van der Waals surface area contributed by atoms with E-state index in [0.29, 0.717) is 6.67 Å². The summed E-state index contributed by atoms with van der Waals surface area (Å²) in [5.41, 5.74) is 19.4. The van der Waals surface area contributed by atoms with Gasteiger partial charge < -0.3 is 19.1 Å². The minimum Gasteiger partial charge on any atom is -0.457 e. The maximum absolute atomic E-state index is 6.90. The Morgan fingerprint density at radius 3 is 1.85 bits per heavy atom. The Morgan fingerprint density at radius 2 is 1.10 bits per heavy atom. The van der Waals surface area contributed by atoms with Crippen molar-refractivity contribution in [3.05, 3.63) is 236 Å². The number of fused-ring (bicyclic) bond motifs is 7. The Bertz CT molecular complexity index is 3990. The molecule has 0 radical (unpaired) electrons. The molecule has 0 bridgehead atoms. The Balaban J connectivity index is 0.841. The van der Waals surface area contributed by atoms with Crippen molar-refractivity contribution in [3.8, 4) is 61.8 Å². The summed E-state index contributed by atoms with van der Waals surface area (Å²) in [7, 11) is 0. The summed E-state index contributed by atoms with van der Waals surface area (Å²) >= 11 is 0. The van der Waals surface area contributed by atoms with E-state index < -0.39 is 0 Å². The normalized spacial score (nSPS) is 13.2. The number of ether oxygens (including phenoxy) is 1. The van der Waals surface area contributed by atoms with Crippen LogP contribution >= 0.6 is 0 Å². The van der Waals surface area contributed by atoms with Crippen LogP contribution in [-0.2, 0) is 13.0 Å². The standard InChI is InChI=1S/C66H50N6O/c1-44-37-65(67-42-57(44)49-32-30-46(31-33-49)45-17-5-2-6-18-45)72-59-28-12-11-25-55(59)56-35-34-52(39-60(56)72)73-51-24-15-23-50(38-51)70-43-71(63-41-61-58(40-62(63)70)68-64-29-13-14-36-69(61)64)66-53(47-19-7-3-8-20-47)26-16-27-54(66)48-21-9-4-10-22-48/h2-12,15-28,30-35,37-42H,13-14,29,36,43H2,1H3. The van der Waals surface area contributed by atoms with Crippen molar-refractivity contribution < 1.29 is 4.74 Å². The first kappa shape index (κ1) is 42.7. The van der Waals surface area contributed by atoms with Crippen molar-refractivity contribution >= 4 is 55.6 Å². The van der Waals surface area contributed by atoms with Gasteiger partial charge in [-0.05, 0) is 102 Å². The highest BCUT2D eigenvalue weighted by Gasteiger charge is 2.33. The molecule has 0 aliphatic carbocycles. The molecule has 2 aliphatic rings. The zero-order valence-electron chi connectivity index (χ0n) is 40.5. The third-order valence-corrected chi connectivity index (χ3v) is 14.9. The maximum atomic E-state index is 6.90. The van der Waals surface area contributed by atoms with Crippen LogP contribution in [0.25, 0.3) is 83.2 Å². The first-order valence-electron chi connectivity index (χ1n) is 25.4. The lowest BCUT2D eigenvalue weighted by molar-refractivity contribution is 0.483. The molecule has 0 amide bonds. The zero-order valence-corrected chi connectivity index (χ0v) is 40.5. The molecule has 7 heteroatoms. The summed E-state index contributed by atoms with van der Waals surface area (Å²) in [4.78, 5) is 15.3. The van der Waals surface area contributed by atoms with E-state index in [0.717, 1.165) is 92.4 Å². The fraction of sp³-hybridized carbons (Fsp3) is 0.0909. The molecule has 0 saturated carbocycles. The van der Waals surface area contributed by atoms with Crippen LogP contribution in [0.2, 0.25) is 0 Å². The molecule has 3 aromatic heterocycles. The summed E-state index contributed by atoms with van der Waals surface area (Å²) in [5, 5.41) is 2.31. The number of nitrogens with zero attached hydrogens (tertiary/aromatic N) is 6. The Morgan fingerprint density at radius 1 is 0.466 bits per heavy atom. The summed E-state index contributed by atoms with van der Waals surface area (Å²) in [6.07, 6.45) is 5.35. The van der Waals surface area contributed by atoms with Gasteiger partial charge in [0.25, 0.3) is 0 Å². The molecule has 0 spiro atoms. The second kappa shape index (κ2) is 17.6. The summed E-state index contributed by atoms with van der Waals surface area (Å²) in [5.74, 6) is 3.54. The third-order valence-electron chi connectivity index (χ3n) is 14.9. The molecule has 9 aromatic carbocycles. The van der Waals surface area contributed by atoms with Gasteiger partial charge in [0, 0.05) is 64.4 Å². The maximum Gasteiger partial charge on any atom is 0.137 e. The molecular weight excluding hydrogens is 893 g/mol. The van der Waals surface area contributed by atoms with E-state index in [1.54, 1.807) is 0 Å². The topological polar surface area (TPSA) is 51.4 Å². The van der Waals surface area contributed by atoms with Crippen molar-refractivity contribution in [1.29, 1.82) is 0 Å². The quantitative estimate of drug-likeness (QED) is 0.144. The molecule has 350 valence electrons. The highest BCUT2D eigenvalue weighted by Crippen LogP contribution is 2.52. The van der Waals surface area contributed by atoms with Crippen molar-refractivity contribution in [2.24, 2.45) is 0 Å². The molecular formula is C66H50N6O. The molecule has 73 heavy (non-hydrogen) atoms. The van der Waals surface area contributed by atoms with Gasteiger partial charge in [0.05, 0.1) is 39.1 Å². The predicted octanol–water partition coefficient (Wildman–Crippen LogP) is 16.9. The lowest BCUT2D eigenvalue weighted by Gasteiger charge is -2.27. The lowest BCUT2D eigenvalue weighted by atomic mass is 9.95. The number of benzene rings is 9. The number of rotatable bonds is 9. The monoisotopic (exact) mass is 942 g/mol. The average Bonchev–Trinajstić information content (AvgIpc) is 4.12. The van der Waals surface area contributed by atoms with Gasteiger partial charge >= 0.3 is 0 Å². The van der Waals surface area contributed by atoms with Crippen molar-refractivity contribution in [2.45, 2.75) is 32.7 Å². The van der Waals surface area contributed by atoms with Crippen molar-refractivity contribution in [3.63, 3.8) is 0 Å². The van der Waals surface area contributed by atoms with E-state index in [1.165, 1.54) is 62.2 Å². The highest BCUT2D eigenvalue weighted by molar-refractivity contribution is 6.09. The molecule has 0 saturated heterocycles. The highest BCUT2D eigenvalue weighted by atomic mass is 16.5. The van der Waals surface area contributed by atoms with Crippen molar-refractivity contribution in [2.75, 3.05) is 16.5 Å². The zero-order chi connectivity index (χ0) is 48.4. The average molecular weight is 943 g/mol. The fourth-order valence-electron chi connectivity index (χ4n) is 11.4. The van der Waals surface area contributed by atoms with Gasteiger partial charge in [-0.3, -0.25) is 4.57 Å². The van der Waals surface area contributed by atoms with Crippen LogP contribution in [0.15, 0.2) is 225 Å². The SMILES string of the molecule is Cc1cc(-n2c3ccccc3c3ccc(Oc4cccc(N5CN(c6c(-c7ccccc7)cccc6-c6ccccc6)c6cc7c(cc65)nc5n7CCCC5)c4)cc32)ncc1-c1ccc(-c2ccccc2)cc1. The molecule has 14 rings (SSSR count). The number of aryl methyl sites for hydroxylation is 3. The van der Waals surface area contributed by atoms with E-state index in [-0.39, 0.29) is 0 Å². The number of pyridine rings is 1. The molecule has 0 unspecified atom stereocenters. The fourth-order valence-corrected chi connectivity index (χ4v) is 11.4. The van der Waals surface area contributed by atoms with Crippen LogP contribution in [0.1, 0.15) is 24.2 Å².